The molecule has 0 heterocycles. The highest BCUT2D eigenvalue weighted by Crippen LogP contribution is 2.18. The molecule has 96 valence electrons. The van der Waals surface area contributed by atoms with Crippen LogP contribution >= 0.6 is 0 Å². The number of hydrogen-bond acceptors (Lipinski definition) is 3. The van der Waals surface area contributed by atoms with Gasteiger partial charge in [0, 0.05) is 6.54 Å². The highest BCUT2D eigenvalue weighted by Gasteiger charge is 2.09. The summed E-state index contributed by atoms with van der Waals surface area (Å²) >= 11 is 0. The number of nitrogens with two attached hydrogens (primary N) is 1. The highest BCUT2D eigenvalue weighted by molar-refractivity contribution is 5.28. The third-order valence-electron chi connectivity index (χ3n) is 2.99. The van der Waals surface area contributed by atoms with Crippen LogP contribution in [0.2, 0.25) is 0 Å². The number of ether oxygens (including phenoxy) is 1. The van der Waals surface area contributed by atoms with Gasteiger partial charge in [-0.25, -0.2) is 0 Å². The summed E-state index contributed by atoms with van der Waals surface area (Å²) in [7, 11) is 4.03. The molecule has 0 aliphatic carbocycles. The first-order chi connectivity index (χ1) is 8.04. The van der Waals surface area contributed by atoms with Gasteiger partial charge in [-0.05, 0) is 37.7 Å². The summed E-state index contributed by atoms with van der Waals surface area (Å²) in [5, 5.41) is 0. The molecule has 2 N–H and O–H groups in total. The molecular formula is C14H24N2O. The summed E-state index contributed by atoms with van der Waals surface area (Å²) < 4.78 is 5.73. The quantitative estimate of drug-likeness (QED) is 0.822. The van der Waals surface area contributed by atoms with Gasteiger partial charge in [0.05, 0.1) is 6.04 Å². The Balaban J connectivity index is 2.52. The molecule has 0 radical (unpaired) electrons. The van der Waals surface area contributed by atoms with Gasteiger partial charge in [-0.1, -0.05) is 26.0 Å². The van der Waals surface area contributed by atoms with Gasteiger partial charge in [0.1, 0.15) is 12.4 Å². The van der Waals surface area contributed by atoms with E-state index in [0.717, 1.165) is 5.75 Å². The van der Waals surface area contributed by atoms with E-state index in [2.05, 4.69) is 30.9 Å². The first kappa shape index (κ1) is 14.0. The molecule has 3 nitrogen and oxygen atoms in total. The van der Waals surface area contributed by atoms with E-state index in [1.165, 1.54) is 5.56 Å². The number of benzene rings is 1. The standard InChI is InChI=1S/C14H24N2O/c1-11(2)12-5-7-14(8-6-12)17-10-13(9-15)16(3)4/h5-8,11,13H,9-10,15H2,1-4H3. The Labute approximate surface area is 105 Å². The predicted molar refractivity (Wildman–Crippen MR) is 72.6 cm³/mol. The summed E-state index contributed by atoms with van der Waals surface area (Å²) in [5.41, 5.74) is 7.01. The first-order valence-corrected chi connectivity index (χ1v) is 6.13. The average Bonchev–Trinajstić information content (AvgIpc) is 2.30. The van der Waals surface area contributed by atoms with E-state index < -0.39 is 0 Å². The Morgan fingerprint density at radius 2 is 1.76 bits per heavy atom. The van der Waals surface area contributed by atoms with Crippen molar-refractivity contribution in [2.24, 2.45) is 5.73 Å². The number of nitrogens with zero attached hydrogens (tertiary/aromatic N) is 1. The molecule has 0 amide bonds. The van der Waals surface area contributed by atoms with Gasteiger partial charge in [0.15, 0.2) is 0 Å². The van der Waals surface area contributed by atoms with E-state index in [0.29, 0.717) is 19.1 Å². The van der Waals surface area contributed by atoms with Crippen molar-refractivity contribution in [2.45, 2.75) is 25.8 Å². The highest BCUT2D eigenvalue weighted by atomic mass is 16.5. The normalized spacial score (nSPS) is 13.1. The molecule has 1 rings (SSSR count). The van der Waals surface area contributed by atoms with Crippen molar-refractivity contribution in [2.75, 3.05) is 27.2 Å². The van der Waals surface area contributed by atoms with Gasteiger partial charge < -0.3 is 15.4 Å². The SMILES string of the molecule is CC(C)c1ccc(OCC(CN)N(C)C)cc1. The minimum atomic E-state index is 0.264. The molecule has 0 spiro atoms. The predicted octanol–water partition coefficient (Wildman–Crippen LogP) is 2.08. The van der Waals surface area contributed by atoms with Gasteiger partial charge in [0.2, 0.25) is 0 Å². The zero-order valence-corrected chi connectivity index (χ0v) is 11.3. The molecule has 1 unspecified atom stereocenters. The van der Waals surface area contributed by atoms with E-state index in [1.54, 1.807) is 0 Å². The largest absolute Gasteiger partial charge is 0.492 e. The minimum Gasteiger partial charge on any atom is -0.492 e. The fraction of sp³-hybridized carbons (Fsp3) is 0.571. The van der Waals surface area contributed by atoms with Crippen LogP contribution in [0.4, 0.5) is 0 Å². The lowest BCUT2D eigenvalue weighted by Crippen LogP contribution is -2.39. The Morgan fingerprint density at radius 3 is 2.18 bits per heavy atom. The topological polar surface area (TPSA) is 38.5 Å². The Morgan fingerprint density at radius 1 is 1.18 bits per heavy atom. The molecule has 3 heteroatoms. The lowest BCUT2D eigenvalue weighted by Gasteiger charge is -2.22. The van der Waals surface area contributed by atoms with Gasteiger partial charge in [0.25, 0.3) is 0 Å². The molecule has 0 fully saturated rings. The summed E-state index contributed by atoms with van der Waals surface area (Å²) in [6.07, 6.45) is 0. The average molecular weight is 236 g/mol. The van der Waals surface area contributed by atoms with Crippen molar-refractivity contribution in [3.63, 3.8) is 0 Å². The fourth-order valence-electron chi connectivity index (χ4n) is 1.57. The van der Waals surface area contributed by atoms with Crippen LogP contribution in [0.1, 0.15) is 25.3 Å². The maximum atomic E-state index is 5.73. The molecule has 0 saturated carbocycles. The van der Waals surface area contributed by atoms with Crippen LogP contribution in [-0.4, -0.2) is 38.2 Å². The molecule has 0 bridgehead atoms. The van der Waals surface area contributed by atoms with Crippen LogP contribution in [0.5, 0.6) is 5.75 Å². The van der Waals surface area contributed by atoms with Crippen molar-refractivity contribution in [3.8, 4) is 5.75 Å². The fourth-order valence-corrected chi connectivity index (χ4v) is 1.57. The van der Waals surface area contributed by atoms with E-state index in [4.69, 9.17) is 10.5 Å². The van der Waals surface area contributed by atoms with E-state index in [1.807, 2.05) is 26.2 Å². The summed E-state index contributed by atoms with van der Waals surface area (Å²) in [6.45, 7) is 5.61. The van der Waals surface area contributed by atoms with Gasteiger partial charge in [-0.2, -0.15) is 0 Å². The molecular weight excluding hydrogens is 212 g/mol. The Bertz CT molecular complexity index is 319. The smallest absolute Gasteiger partial charge is 0.119 e. The molecule has 0 aromatic heterocycles. The van der Waals surface area contributed by atoms with Gasteiger partial charge in [-0.15, -0.1) is 0 Å². The summed E-state index contributed by atoms with van der Waals surface area (Å²) in [5.74, 6) is 1.47. The number of hydrogen-bond donors (Lipinski definition) is 1. The second-order valence-electron chi connectivity index (χ2n) is 4.89. The molecule has 0 aliphatic heterocycles. The molecule has 0 saturated heterocycles. The number of rotatable bonds is 6. The van der Waals surface area contributed by atoms with E-state index in [9.17, 15) is 0 Å². The Kier molecular flexibility index (Phi) is 5.45. The van der Waals surface area contributed by atoms with Gasteiger partial charge >= 0.3 is 0 Å². The zero-order chi connectivity index (χ0) is 12.8. The van der Waals surface area contributed by atoms with Crippen molar-refractivity contribution in [3.05, 3.63) is 29.8 Å². The van der Waals surface area contributed by atoms with E-state index >= 15 is 0 Å². The van der Waals surface area contributed by atoms with Crippen molar-refractivity contribution < 1.29 is 4.74 Å². The molecule has 1 aromatic carbocycles. The van der Waals surface area contributed by atoms with Crippen LogP contribution in [0.3, 0.4) is 0 Å². The minimum absolute atomic E-state index is 0.264. The van der Waals surface area contributed by atoms with Crippen molar-refractivity contribution in [1.29, 1.82) is 0 Å². The van der Waals surface area contributed by atoms with Crippen LogP contribution in [0, 0.1) is 0 Å². The lowest BCUT2D eigenvalue weighted by molar-refractivity contribution is 0.190. The monoisotopic (exact) mass is 236 g/mol. The van der Waals surface area contributed by atoms with Crippen LogP contribution in [0.15, 0.2) is 24.3 Å². The summed E-state index contributed by atoms with van der Waals surface area (Å²) in [6, 6.07) is 8.55. The second kappa shape index (κ2) is 6.62. The maximum absolute atomic E-state index is 5.73. The molecule has 1 atom stereocenters. The molecule has 0 aliphatic rings. The summed E-state index contributed by atoms with van der Waals surface area (Å²) in [4.78, 5) is 2.09. The van der Waals surface area contributed by atoms with E-state index in [-0.39, 0.29) is 6.04 Å². The third-order valence-corrected chi connectivity index (χ3v) is 2.99. The molecule has 1 aromatic rings. The Hall–Kier alpha value is -1.06. The third kappa shape index (κ3) is 4.36. The second-order valence-corrected chi connectivity index (χ2v) is 4.89. The molecule has 17 heavy (non-hydrogen) atoms. The number of likely N-dealkylation sites (N-methyl/N-ethyl adjacent to an activating group) is 1. The lowest BCUT2D eigenvalue weighted by atomic mass is 10.0. The van der Waals surface area contributed by atoms with Crippen LogP contribution in [-0.2, 0) is 0 Å². The van der Waals surface area contributed by atoms with Crippen molar-refractivity contribution >= 4 is 0 Å². The first-order valence-electron chi connectivity index (χ1n) is 6.13. The maximum Gasteiger partial charge on any atom is 0.119 e. The zero-order valence-electron chi connectivity index (χ0n) is 11.3. The van der Waals surface area contributed by atoms with Crippen molar-refractivity contribution in [1.82, 2.24) is 4.90 Å². The van der Waals surface area contributed by atoms with Crippen LogP contribution in [0.25, 0.3) is 0 Å². The van der Waals surface area contributed by atoms with Crippen LogP contribution < -0.4 is 10.5 Å². The van der Waals surface area contributed by atoms with Gasteiger partial charge in [-0.3, -0.25) is 0 Å².